The van der Waals surface area contributed by atoms with E-state index in [2.05, 4.69) is 5.32 Å². The SMILES string of the molecule is COCCCN1CCCC2(CCN(C(=O)NCc3cccc(F)c3)C2)C1=O. The van der Waals surface area contributed by atoms with Gasteiger partial charge in [0.25, 0.3) is 0 Å². The lowest BCUT2D eigenvalue weighted by Gasteiger charge is -2.39. The van der Waals surface area contributed by atoms with Crippen molar-refractivity contribution in [2.24, 2.45) is 5.41 Å². The number of nitrogens with one attached hydrogen (secondary N) is 1. The molecule has 1 unspecified atom stereocenters. The minimum absolute atomic E-state index is 0.172. The van der Waals surface area contributed by atoms with Crippen LogP contribution in [0.4, 0.5) is 9.18 Å². The van der Waals surface area contributed by atoms with E-state index in [9.17, 15) is 14.0 Å². The standard InChI is InChI=1S/C20H28FN3O3/c1-27-12-4-10-23-9-3-7-20(18(23)25)8-11-24(15-20)19(26)22-14-16-5-2-6-17(21)13-16/h2,5-6,13H,3-4,7-12,14-15H2,1H3,(H,22,26). The zero-order valence-corrected chi connectivity index (χ0v) is 15.9. The van der Waals surface area contributed by atoms with Gasteiger partial charge in [-0.25, -0.2) is 9.18 Å². The summed E-state index contributed by atoms with van der Waals surface area (Å²) in [4.78, 5) is 29.2. The van der Waals surface area contributed by atoms with Crippen LogP contribution in [-0.2, 0) is 16.1 Å². The van der Waals surface area contributed by atoms with Crippen molar-refractivity contribution in [2.45, 2.75) is 32.2 Å². The first kappa shape index (κ1) is 19.6. The van der Waals surface area contributed by atoms with E-state index in [1.807, 2.05) is 4.90 Å². The van der Waals surface area contributed by atoms with Crippen molar-refractivity contribution in [1.82, 2.24) is 15.1 Å². The summed E-state index contributed by atoms with van der Waals surface area (Å²) in [7, 11) is 1.66. The number of hydrogen-bond acceptors (Lipinski definition) is 3. The van der Waals surface area contributed by atoms with Crippen LogP contribution >= 0.6 is 0 Å². The maximum Gasteiger partial charge on any atom is 0.317 e. The average molecular weight is 377 g/mol. The monoisotopic (exact) mass is 377 g/mol. The maximum atomic E-state index is 13.2. The zero-order chi connectivity index (χ0) is 19.3. The number of likely N-dealkylation sites (tertiary alicyclic amines) is 2. The summed E-state index contributed by atoms with van der Waals surface area (Å²) in [5, 5.41) is 2.84. The molecule has 0 radical (unpaired) electrons. The van der Waals surface area contributed by atoms with Gasteiger partial charge in [0, 0.05) is 46.4 Å². The van der Waals surface area contributed by atoms with Gasteiger partial charge in [0.2, 0.25) is 5.91 Å². The molecule has 27 heavy (non-hydrogen) atoms. The maximum absolute atomic E-state index is 13.2. The van der Waals surface area contributed by atoms with E-state index >= 15 is 0 Å². The van der Waals surface area contributed by atoms with Crippen LogP contribution in [-0.4, -0.2) is 61.6 Å². The van der Waals surface area contributed by atoms with Crippen LogP contribution in [0.2, 0.25) is 0 Å². The van der Waals surface area contributed by atoms with Gasteiger partial charge < -0.3 is 19.9 Å². The summed E-state index contributed by atoms with van der Waals surface area (Å²) < 4.78 is 18.3. The van der Waals surface area contributed by atoms with Crippen molar-refractivity contribution < 1.29 is 18.7 Å². The first-order valence-corrected chi connectivity index (χ1v) is 9.60. The summed E-state index contributed by atoms with van der Waals surface area (Å²) in [5.41, 5.74) is 0.275. The number of urea groups is 1. The summed E-state index contributed by atoms with van der Waals surface area (Å²) >= 11 is 0. The third-order valence-corrected chi connectivity index (χ3v) is 5.57. The number of halogens is 1. The Bertz CT molecular complexity index is 684. The van der Waals surface area contributed by atoms with Gasteiger partial charge in [-0.3, -0.25) is 4.79 Å². The van der Waals surface area contributed by atoms with Gasteiger partial charge in [-0.2, -0.15) is 0 Å². The van der Waals surface area contributed by atoms with Crippen LogP contribution in [0.5, 0.6) is 0 Å². The molecule has 3 amide bonds. The van der Waals surface area contributed by atoms with E-state index in [0.29, 0.717) is 32.7 Å². The third-order valence-electron chi connectivity index (χ3n) is 5.57. The van der Waals surface area contributed by atoms with Gasteiger partial charge in [0.1, 0.15) is 5.82 Å². The summed E-state index contributed by atoms with van der Waals surface area (Å²) in [6, 6.07) is 6.00. The molecule has 1 aromatic rings. The number of methoxy groups -OCH3 is 1. The molecule has 0 aromatic heterocycles. The minimum Gasteiger partial charge on any atom is -0.385 e. The normalized spacial score (nSPS) is 22.5. The zero-order valence-electron chi connectivity index (χ0n) is 15.9. The fraction of sp³-hybridized carbons (Fsp3) is 0.600. The van der Waals surface area contributed by atoms with Crippen molar-refractivity contribution in [3.05, 3.63) is 35.6 Å². The number of benzene rings is 1. The number of hydrogen-bond donors (Lipinski definition) is 1. The lowest BCUT2D eigenvalue weighted by molar-refractivity contribution is -0.145. The lowest BCUT2D eigenvalue weighted by atomic mass is 9.78. The Morgan fingerprint density at radius 3 is 2.96 bits per heavy atom. The second-order valence-electron chi connectivity index (χ2n) is 7.48. The molecule has 3 rings (SSSR count). The molecule has 1 atom stereocenters. The van der Waals surface area contributed by atoms with Gasteiger partial charge in [0.05, 0.1) is 5.41 Å². The summed E-state index contributed by atoms with van der Waals surface area (Å²) in [6.45, 7) is 3.45. The molecular weight excluding hydrogens is 349 g/mol. The molecule has 2 aliphatic heterocycles. The molecule has 1 aromatic carbocycles. The summed E-state index contributed by atoms with van der Waals surface area (Å²) in [5.74, 6) is -0.145. The fourth-order valence-corrected chi connectivity index (χ4v) is 4.13. The predicted octanol–water partition coefficient (Wildman–Crippen LogP) is 2.39. The molecule has 0 saturated carbocycles. The first-order chi connectivity index (χ1) is 13.0. The molecule has 2 aliphatic rings. The van der Waals surface area contributed by atoms with E-state index in [0.717, 1.165) is 31.4 Å². The number of nitrogens with zero attached hydrogens (tertiary/aromatic N) is 2. The number of carbonyl (C=O) groups is 2. The highest BCUT2D eigenvalue weighted by atomic mass is 19.1. The van der Waals surface area contributed by atoms with E-state index in [1.165, 1.54) is 12.1 Å². The molecule has 6 nitrogen and oxygen atoms in total. The minimum atomic E-state index is -0.443. The van der Waals surface area contributed by atoms with Crippen molar-refractivity contribution in [3.63, 3.8) is 0 Å². The van der Waals surface area contributed by atoms with Crippen LogP contribution in [0, 0.1) is 11.2 Å². The molecule has 2 heterocycles. The Morgan fingerprint density at radius 1 is 1.33 bits per heavy atom. The average Bonchev–Trinajstić information content (AvgIpc) is 3.09. The number of rotatable bonds is 6. The highest BCUT2D eigenvalue weighted by Gasteiger charge is 2.49. The van der Waals surface area contributed by atoms with Crippen LogP contribution < -0.4 is 5.32 Å². The van der Waals surface area contributed by atoms with Crippen LogP contribution in [0.3, 0.4) is 0 Å². The van der Waals surface area contributed by atoms with Crippen LogP contribution in [0.25, 0.3) is 0 Å². The van der Waals surface area contributed by atoms with Gasteiger partial charge >= 0.3 is 6.03 Å². The number of ether oxygens (including phenoxy) is 1. The largest absolute Gasteiger partial charge is 0.385 e. The van der Waals surface area contributed by atoms with E-state index in [1.54, 1.807) is 24.1 Å². The Hall–Kier alpha value is -2.15. The molecular formula is C20H28FN3O3. The Balaban J connectivity index is 1.54. The third kappa shape index (κ3) is 4.58. The van der Waals surface area contributed by atoms with Gasteiger partial charge in [-0.05, 0) is 43.4 Å². The fourth-order valence-electron chi connectivity index (χ4n) is 4.13. The molecule has 0 aliphatic carbocycles. The predicted molar refractivity (Wildman–Crippen MR) is 99.6 cm³/mol. The molecule has 148 valence electrons. The number of carbonyl (C=O) groups excluding carboxylic acids is 2. The van der Waals surface area contributed by atoms with Crippen LogP contribution in [0.1, 0.15) is 31.2 Å². The molecule has 2 saturated heterocycles. The molecule has 7 heteroatoms. The molecule has 1 spiro atoms. The Labute approximate surface area is 159 Å². The second kappa shape index (κ2) is 8.69. The number of piperidine rings is 1. The lowest BCUT2D eigenvalue weighted by Crippen LogP contribution is -2.51. The highest BCUT2D eigenvalue weighted by Crippen LogP contribution is 2.40. The van der Waals surface area contributed by atoms with Gasteiger partial charge in [-0.15, -0.1) is 0 Å². The highest BCUT2D eigenvalue weighted by molar-refractivity contribution is 5.85. The van der Waals surface area contributed by atoms with Gasteiger partial charge in [0.15, 0.2) is 0 Å². The van der Waals surface area contributed by atoms with E-state index < -0.39 is 5.41 Å². The van der Waals surface area contributed by atoms with E-state index in [-0.39, 0.29) is 24.3 Å². The first-order valence-electron chi connectivity index (χ1n) is 9.60. The van der Waals surface area contributed by atoms with E-state index in [4.69, 9.17) is 4.74 Å². The Kier molecular flexibility index (Phi) is 6.31. The summed E-state index contributed by atoms with van der Waals surface area (Å²) in [6.07, 6.45) is 3.34. The smallest absolute Gasteiger partial charge is 0.317 e. The Morgan fingerprint density at radius 2 is 2.19 bits per heavy atom. The topological polar surface area (TPSA) is 61.9 Å². The van der Waals surface area contributed by atoms with Crippen molar-refractivity contribution in [2.75, 3.05) is 39.9 Å². The van der Waals surface area contributed by atoms with Crippen molar-refractivity contribution in [3.8, 4) is 0 Å². The molecule has 1 N–H and O–H groups in total. The van der Waals surface area contributed by atoms with Crippen molar-refractivity contribution >= 4 is 11.9 Å². The molecule has 0 bridgehead atoms. The van der Waals surface area contributed by atoms with Crippen molar-refractivity contribution in [1.29, 1.82) is 0 Å². The number of amides is 3. The van der Waals surface area contributed by atoms with Crippen LogP contribution in [0.15, 0.2) is 24.3 Å². The quantitative estimate of drug-likeness (QED) is 0.775. The molecule has 2 fully saturated rings. The van der Waals surface area contributed by atoms with Gasteiger partial charge in [-0.1, -0.05) is 12.1 Å². The second-order valence-corrected chi connectivity index (χ2v) is 7.48.